The van der Waals surface area contributed by atoms with E-state index in [2.05, 4.69) is 5.32 Å². The molecule has 1 unspecified atom stereocenters. The SMILES string of the molecule is CC(=O)SCc1ccc(C(Nc2cc(Cl)cc(Cl)c2)C(=O)O)o1. The fraction of sp³-hybridized carbons (Fsp3) is 0.200. The van der Waals surface area contributed by atoms with Crippen LogP contribution in [-0.2, 0) is 15.3 Å². The second kappa shape index (κ2) is 7.77. The van der Waals surface area contributed by atoms with Crippen LogP contribution in [0.3, 0.4) is 0 Å². The van der Waals surface area contributed by atoms with E-state index in [1.165, 1.54) is 6.92 Å². The minimum Gasteiger partial charge on any atom is -0.479 e. The molecule has 0 aliphatic heterocycles. The Morgan fingerprint density at radius 3 is 2.48 bits per heavy atom. The van der Waals surface area contributed by atoms with Crippen LogP contribution in [0.5, 0.6) is 0 Å². The lowest BCUT2D eigenvalue weighted by Crippen LogP contribution is -2.19. The van der Waals surface area contributed by atoms with E-state index in [1.807, 2.05) is 0 Å². The van der Waals surface area contributed by atoms with Gasteiger partial charge in [-0.3, -0.25) is 4.79 Å². The Hall–Kier alpha value is -1.63. The highest BCUT2D eigenvalue weighted by atomic mass is 35.5. The Morgan fingerprint density at radius 2 is 1.91 bits per heavy atom. The molecule has 0 fully saturated rings. The molecule has 0 radical (unpaired) electrons. The Bertz CT molecular complexity index is 712. The molecule has 0 saturated heterocycles. The summed E-state index contributed by atoms with van der Waals surface area (Å²) in [6.07, 6.45) is 0. The maximum Gasteiger partial charge on any atom is 0.334 e. The number of rotatable bonds is 6. The Morgan fingerprint density at radius 1 is 1.26 bits per heavy atom. The van der Waals surface area contributed by atoms with Gasteiger partial charge in [0, 0.05) is 22.7 Å². The summed E-state index contributed by atoms with van der Waals surface area (Å²) in [5.41, 5.74) is 0.464. The number of carbonyl (C=O) groups excluding carboxylic acids is 1. The molecule has 0 amide bonds. The highest BCUT2D eigenvalue weighted by Gasteiger charge is 2.23. The first-order valence-corrected chi connectivity index (χ1v) is 8.26. The summed E-state index contributed by atoms with van der Waals surface area (Å²) in [6.45, 7) is 1.46. The van der Waals surface area contributed by atoms with E-state index in [4.69, 9.17) is 27.6 Å². The molecular formula is C15H13Cl2NO4S. The summed E-state index contributed by atoms with van der Waals surface area (Å²) in [5.74, 6) is -0.00338. The predicted molar refractivity (Wildman–Crippen MR) is 91.1 cm³/mol. The maximum absolute atomic E-state index is 11.5. The van der Waals surface area contributed by atoms with Crippen LogP contribution >= 0.6 is 35.0 Å². The highest BCUT2D eigenvalue weighted by Crippen LogP contribution is 2.28. The van der Waals surface area contributed by atoms with Crippen molar-refractivity contribution < 1.29 is 19.1 Å². The molecule has 0 saturated carbocycles. The van der Waals surface area contributed by atoms with Crippen molar-refractivity contribution in [1.82, 2.24) is 0 Å². The summed E-state index contributed by atoms with van der Waals surface area (Å²) >= 11 is 12.9. The molecule has 1 heterocycles. The number of hydrogen-bond acceptors (Lipinski definition) is 5. The van der Waals surface area contributed by atoms with Crippen LogP contribution in [0.2, 0.25) is 10.0 Å². The third-order valence-electron chi connectivity index (χ3n) is 2.81. The van der Waals surface area contributed by atoms with Gasteiger partial charge in [-0.25, -0.2) is 4.79 Å². The smallest absolute Gasteiger partial charge is 0.334 e. The molecule has 1 atom stereocenters. The molecule has 23 heavy (non-hydrogen) atoms. The highest BCUT2D eigenvalue weighted by molar-refractivity contribution is 8.12. The Balaban J connectivity index is 2.18. The number of benzene rings is 1. The fourth-order valence-corrected chi connectivity index (χ4v) is 2.89. The number of anilines is 1. The van der Waals surface area contributed by atoms with Gasteiger partial charge in [0.15, 0.2) is 11.2 Å². The van der Waals surface area contributed by atoms with Crippen molar-refractivity contribution >= 4 is 51.7 Å². The van der Waals surface area contributed by atoms with Crippen LogP contribution in [0.15, 0.2) is 34.7 Å². The number of carboxylic acids is 1. The molecule has 8 heteroatoms. The molecule has 0 aliphatic carbocycles. The zero-order chi connectivity index (χ0) is 17.0. The number of carboxylic acid groups (broad SMARTS) is 1. The minimum absolute atomic E-state index is 0.0376. The minimum atomic E-state index is -1.11. The van der Waals surface area contributed by atoms with Gasteiger partial charge in [0.2, 0.25) is 0 Å². The van der Waals surface area contributed by atoms with Gasteiger partial charge in [-0.05, 0) is 30.3 Å². The number of carbonyl (C=O) groups is 2. The van der Waals surface area contributed by atoms with Gasteiger partial charge in [0.05, 0.1) is 5.75 Å². The lowest BCUT2D eigenvalue weighted by Gasteiger charge is -2.14. The molecule has 122 valence electrons. The van der Waals surface area contributed by atoms with Crippen molar-refractivity contribution in [3.05, 3.63) is 51.9 Å². The van der Waals surface area contributed by atoms with E-state index < -0.39 is 12.0 Å². The quantitative estimate of drug-likeness (QED) is 0.769. The average Bonchev–Trinajstić information content (AvgIpc) is 2.89. The van der Waals surface area contributed by atoms with Gasteiger partial charge in [0.25, 0.3) is 0 Å². The van der Waals surface area contributed by atoms with Crippen LogP contribution in [0.4, 0.5) is 5.69 Å². The van der Waals surface area contributed by atoms with E-state index in [9.17, 15) is 14.7 Å². The van der Waals surface area contributed by atoms with Gasteiger partial charge in [0.1, 0.15) is 11.5 Å². The molecule has 0 spiro atoms. The lowest BCUT2D eigenvalue weighted by molar-refractivity contribution is -0.138. The van der Waals surface area contributed by atoms with Crippen LogP contribution in [0.1, 0.15) is 24.5 Å². The van der Waals surface area contributed by atoms with Crippen LogP contribution in [0.25, 0.3) is 0 Å². The zero-order valence-corrected chi connectivity index (χ0v) is 14.3. The normalized spacial score (nSPS) is 12.0. The zero-order valence-electron chi connectivity index (χ0n) is 12.0. The fourth-order valence-electron chi connectivity index (χ4n) is 1.86. The molecule has 2 rings (SSSR count). The maximum atomic E-state index is 11.5. The number of halogens is 2. The summed E-state index contributed by atoms with van der Waals surface area (Å²) in [7, 11) is 0. The van der Waals surface area contributed by atoms with E-state index >= 15 is 0 Å². The third-order valence-corrected chi connectivity index (χ3v) is 4.08. The van der Waals surface area contributed by atoms with Crippen molar-refractivity contribution in [1.29, 1.82) is 0 Å². The van der Waals surface area contributed by atoms with Crippen molar-refractivity contribution in [2.75, 3.05) is 5.32 Å². The van der Waals surface area contributed by atoms with Crippen LogP contribution in [0, 0.1) is 0 Å². The number of furan rings is 1. The number of hydrogen-bond donors (Lipinski definition) is 2. The summed E-state index contributed by atoms with van der Waals surface area (Å²) < 4.78 is 5.51. The molecule has 1 aromatic carbocycles. The molecule has 0 bridgehead atoms. The second-order valence-electron chi connectivity index (χ2n) is 4.66. The molecule has 0 aliphatic rings. The summed E-state index contributed by atoms with van der Waals surface area (Å²) in [4.78, 5) is 22.5. The summed E-state index contributed by atoms with van der Waals surface area (Å²) in [6, 6.07) is 6.80. The van der Waals surface area contributed by atoms with Gasteiger partial charge in [-0.1, -0.05) is 35.0 Å². The molecule has 1 aromatic heterocycles. The van der Waals surface area contributed by atoms with E-state index in [0.717, 1.165) is 11.8 Å². The van der Waals surface area contributed by atoms with Crippen LogP contribution in [-0.4, -0.2) is 16.2 Å². The topological polar surface area (TPSA) is 79.5 Å². The first-order valence-electron chi connectivity index (χ1n) is 6.52. The molecular weight excluding hydrogens is 361 g/mol. The molecule has 2 N–H and O–H groups in total. The van der Waals surface area contributed by atoms with Gasteiger partial charge in [-0.2, -0.15) is 0 Å². The van der Waals surface area contributed by atoms with E-state index in [1.54, 1.807) is 30.3 Å². The standard InChI is InChI=1S/C15H13Cl2NO4S/c1-8(19)23-7-12-2-3-13(22-12)14(15(20)21)18-11-5-9(16)4-10(17)6-11/h2-6,14,18H,7H2,1H3,(H,20,21). The predicted octanol–water partition coefficient (Wildman–Crippen LogP) is 4.60. The number of aliphatic carboxylic acids is 1. The molecule has 2 aromatic rings. The number of nitrogens with one attached hydrogen (secondary N) is 1. The Labute approximate surface area is 147 Å². The van der Waals surface area contributed by atoms with Crippen LogP contribution < -0.4 is 5.32 Å². The first kappa shape index (κ1) is 17.7. The first-order chi connectivity index (χ1) is 10.8. The van der Waals surface area contributed by atoms with Crippen molar-refractivity contribution in [2.45, 2.75) is 18.7 Å². The average molecular weight is 374 g/mol. The Kier molecular flexibility index (Phi) is 5.98. The number of thioether (sulfide) groups is 1. The third kappa shape index (κ3) is 5.20. The monoisotopic (exact) mass is 373 g/mol. The lowest BCUT2D eigenvalue weighted by atomic mass is 10.2. The van der Waals surface area contributed by atoms with Crippen molar-refractivity contribution in [2.24, 2.45) is 0 Å². The van der Waals surface area contributed by atoms with E-state index in [0.29, 0.717) is 27.2 Å². The molecule has 5 nitrogen and oxygen atoms in total. The van der Waals surface area contributed by atoms with Gasteiger partial charge < -0.3 is 14.8 Å². The summed E-state index contributed by atoms with van der Waals surface area (Å²) in [5, 5.41) is 13.0. The van der Waals surface area contributed by atoms with Gasteiger partial charge >= 0.3 is 5.97 Å². The van der Waals surface area contributed by atoms with Gasteiger partial charge in [-0.15, -0.1) is 0 Å². The largest absolute Gasteiger partial charge is 0.479 e. The van der Waals surface area contributed by atoms with Crippen molar-refractivity contribution in [3.63, 3.8) is 0 Å². The van der Waals surface area contributed by atoms with E-state index in [-0.39, 0.29) is 10.9 Å². The second-order valence-corrected chi connectivity index (χ2v) is 6.68. The van der Waals surface area contributed by atoms with Crippen molar-refractivity contribution in [3.8, 4) is 0 Å².